The van der Waals surface area contributed by atoms with E-state index in [0.29, 0.717) is 19.7 Å². The fraction of sp³-hybridized carbons (Fsp3) is 0.421. The third-order valence-corrected chi connectivity index (χ3v) is 4.51. The number of hydrogen-bond donors (Lipinski definition) is 2. The number of aliphatic hydroxyl groups excluding tert-OH is 1. The molecule has 0 spiro atoms. The normalized spacial score (nSPS) is 16.8. The second-order valence-electron chi connectivity index (χ2n) is 6.00. The van der Waals surface area contributed by atoms with Gasteiger partial charge in [-0.05, 0) is 25.2 Å². The highest BCUT2D eigenvalue weighted by molar-refractivity contribution is 5.90. The Bertz CT molecular complexity index is 717. The molecule has 128 valence electrons. The van der Waals surface area contributed by atoms with Gasteiger partial charge in [0, 0.05) is 24.0 Å². The van der Waals surface area contributed by atoms with Gasteiger partial charge in [-0.2, -0.15) is 0 Å². The number of aliphatic hydroxyl groups is 1. The molecule has 0 fully saturated rings. The van der Waals surface area contributed by atoms with Crippen molar-refractivity contribution in [1.82, 2.24) is 10.2 Å². The number of amides is 2. The van der Waals surface area contributed by atoms with Crippen molar-refractivity contribution in [2.45, 2.75) is 25.8 Å². The average molecular weight is 328 g/mol. The maximum Gasteiger partial charge on any atom is 0.317 e. The summed E-state index contributed by atoms with van der Waals surface area (Å²) < 4.78 is 6.00. The SMILES string of the molecule is CCN(CCO)C(=O)NC1CCCOc2c1ccc1ccccc21. The molecule has 0 saturated heterocycles. The third kappa shape index (κ3) is 3.31. The van der Waals surface area contributed by atoms with Crippen molar-refractivity contribution in [3.05, 3.63) is 42.0 Å². The number of hydrogen-bond acceptors (Lipinski definition) is 3. The number of urea groups is 1. The topological polar surface area (TPSA) is 61.8 Å². The van der Waals surface area contributed by atoms with Gasteiger partial charge in [-0.3, -0.25) is 0 Å². The second kappa shape index (κ2) is 7.53. The summed E-state index contributed by atoms with van der Waals surface area (Å²) >= 11 is 0. The number of benzene rings is 2. The lowest BCUT2D eigenvalue weighted by molar-refractivity contribution is 0.176. The summed E-state index contributed by atoms with van der Waals surface area (Å²) in [6.45, 7) is 3.45. The van der Waals surface area contributed by atoms with Crippen molar-refractivity contribution < 1.29 is 14.6 Å². The quantitative estimate of drug-likeness (QED) is 0.907. The minimum Gasteiger partial charge on any atom is -0.493 e. The van der Waals surface area contributed by atoms with E-state index < -0.39 is 0 Å². The second-order valence-corrected chi connectivity index (χ2v) is 6.00. The van der Waals surface area contributed by atoms with Crippen LogP contribution in [0.5, 0.6) is 5.75 Å². The van der Waals surface area contributed by atoms with Crippen LogP contribution in [0.4, 0.5) is 4.79 Å². The minimum atomic E-state index is -0.141. The molecule has 24 heavy (non-hydrogen) atoms. The first kappa shape index (κ1) is 16.6. The monoisotopic (exact) mass is 328 g/mol. The average Bonchev–Trinajstić information content (AvgIpc) is 2.82. The molecule has 1 atom stereocenters. The fourth-order valence-electron chi connectivity index (χ4n) is 3.23. The highest BCUT2D eigenvalue weighted by Crippen LogP contribution is 2.37. The molecular formula is C19H24N2O3. The number of rotatable bonds is 4. The molecule has 0 aromatic heterocycles. The highest BCUT2D eigenvalue weighted by atomic mass is 16.5. The van der Waals surface area contributed by atoms with E-state index in [-0.39, 0.29) is 18.7 Å². The van der Waals surface area contributed by atoms with Gasteiger partial charge in [0.1, 0.15) is 5.75 Å². The summed E-state index contributed by atoms with van der Waals surface area (Å²) in [6.07, 6.45) is 1.73. The van der Waals surface area contributed by atoms with E-state index in [2.05, 4.69) is 29.6 Å². The number of nitrogens with zero attached hydrogens (tertiary/aromatic N) is 1. The molecule has 5 nitrogen and oxygen atoms in total. The van der Waals surface area contributed by atoms with E-state index in [9.17, 15) is 4.79 Å². The van der Waals surface area contributed by atoms with Crippen molar-refractivity contribution in [1.29, 1.82) is 0 Å². The Kier molecular flexibility index (Phi) is 5.20. The number of ether oxygens (including phenoxy) is 1. The van der Waals surface area contributed by atoms with E-state index in [1.165, 1.54) is 0 Å². The molecule has 2 amide bonds. The van der Waals surface area contributed by atoms with Crippen molar-refractivity contribution >= 4 is 16.8 Å². The molecule has 0 radical (unpaired) electrons. The highest BCUT2D eigenvalue weighted by Gasteiger charge is 2.24. The van der Waals surface area contributed by atoms with Gasteiger partial charge in [-0.15, -0.1) is 0 Å². The lowest BCUT2D eigenvalue weighted by atomic mass is 9.98. The molecule has 2 aromatic carbocycles. The van der Waals surface area contributed by atoms with Crippen LogP contribution >= 0.6 is 0 Å². The molecule has 0 saturated carbocycles. The first-order valence-corrected chi connectivity index (χ1v) is 8.55. The number of carbonyl (C=O) groups is 1. The van der Waals surface area contributed by atoms with Gasteiger partial charge in [0.15, 0.2) is 0 Å². The van der Waals surface area contributed by atoms with Crippen molar-refractivity contribution in [3.63, 3.8) is 0 Å². The molecule has 1 unspecified atom stereocenters. The van der Waals surface area contributed by atoms with E-state index in [1.54, 1.807) is 4.90 Å². The molecule has 2 aromatic rings. The van der Waals surface area contributed by atoms with Gasteiger partial charge >= 0.3 is 6.03 Å². The zero-order valence-corrected chi connectivity index (χ0v) is 14.0. The summed E-state index contributed by atoms with van der Waals surface area (Å²) in [4.78, 5) is 14.1. The molecule has 0 bridgehead atoms. The van der Waals surface area contributed by atoms with Gasteiger partial charge in [0.05, 0.1) is 19.3 Å². The Hall–Kier alpha value is -2.27. The first-order valence-electron chi connectivity index (χ1n) is 8.55. The predicted molar refractivity (Wildman–Crippen MR) is 94.3 cm³/mol. The van der Waals surface area contributed by atoms with Crippen molar-refractivity contribution in [2.75, 3.05) is 26.3 Å². The van der Waals surface area contributed by atoms with Crippen LogP contribution in [0.3, 0.4) is 0 Å². The van der Waals surface area contributed by atoms with Crippen LogP contribution < -0.4 is 10.1 Å². The van der Waals surface area contributed by atoms with E-state index in [0.717, 1.165) is 34.9 Å². The number of likely N-dealkylation sites (N-methyl/N-ethyl adjacent to an activating group) is 1. The van der Waals surface area contributed by atoms with Gasteiger partial charge in [0.25, 0.3) is 0 Å². The summed E-state index contributed by atoms with van der Waals surface area (Å²) in [6, 6.07) is 12.1. The van der Waals surface area contributed by atoms with Crippen molar-refractivity contribution in [2.24, 2.45) is 0 Å². The predicted octanol–water partition coefficient (Wildman–Crippen LogP) is 3.08. The van der Waals surface area contributed by atoms with Crippen LogP contribution in [0.1, 0.15) is 31.4 Å². The zero-order valence-electron chi connectivity index (χ0n) is 14.0. The Morgan fingerprint density at radius 3 is 2.96 bits per heavy atom. The fourth-order valence-corrected chi connectivity index (χ4v) is 3.23. The van der Waals surface area contributed by atoms with E-state index in [1.807, 2.05) is 19.1 Å². The zero-order chi connectivity index (χ0) is 16.9. The summed E-state index contributed by atoms with van der Waals surface area (Å²) in [5, 5.41) is 14.4. The summed E-state index contributed by atoms with van der Waals surface area (Å²) in [5.74, 6) is 0.876. The van der Waals surface area contributed by atoms with Crippen LogP contribution in [0.2, 0.25) is 0 Å². The van der Waals surface area contributed by atoms with Gasteiger partial charge in [-0.1, -0.05) is 36.4 Å². The van der Waals surface area contributed by atoms with Crippen LogP contribution in [-0.2, 0) is 0 Å². The summed E-state index contributed by atoms with van der Waals surface area (Å²) in [7, 11) is 0. The standard InChI is InChI=1S/C19H24N2O3/c1-2-21(11-12-22)19(23)20-17-8-5-13-24-18-15-7-4-3-6-14(15)9-10-16(17)18/h3-4,6-7,9-10,17,22H,2,5,8,11-13H2,1H3,(H,20,23). The Morgan fingerprint density at radius 1 is 1.33 bits per heavy atom. The maximum absolute atomic E-state index is 12.5. The van der Waals surface area contributed by atoms with Gasteiger partial charge in [0.2, 0.25) is 0 Å². The lowest BCUT2D eigenvalue weighted by Gasteiger charge is -2.25. The maximum atomic E-state index is 12.5. The first-order chi connectivity index (χ1) is 11.7. The molecule has 1 aliphatic rings. The third-order valence-electron chi connectivity index (χ3n) is 4.51. The van der Waals surface area contributed by atoms with Gasteiger partial charge < -0.3 is 20.1 Å². The van der Waals surface area contributed by atoms with Crippen LogP contribution in [0.15, 0.2) is 36.4 Å². The van der Waals surface area contributed by atoms with E-state index in [4.69, 9.17) is 9.84 Å². The van der Waals surface area contributed by atoms with Crippen LogP contribution in [0, 0.1) is 0 Å². The Morgan fingerprint density at radius 2 is 2.17 bits per heavy atom. The Labute approximate surface area is 142 Å². The smallest absolute Gasteiger partial charge is 0.317 e. The minimum absolute atomic E-state index is 0.0315. The molecule has 5 heteroatoms. The van der Waals surface area contributed by atoms with Gasteiger partial charge in [-0.25, -0.2) is 4.79 Å². The molecule has 2 N–H and O–H groups in total. The van der Waals surface area contributed by atoms with Crippen LogP contribution in [0.25, 0.3) is 10.8 Å². The molecule has 1 aliphatic heterocycles. The largest absolute Gasteiger partial charge is 0.493 e. The van der Waals surface area contributed by atoms with Crippen molar-refractivity contribution in [3.8, 4) is 5.75 Å². The molecule has 0 aliphatic carbocycles. The lowest BCUT2D eigenvalue weighted by Crippen LogP contribution is -2.42. The number of nitrogens with one attached hydrogen (secondary N) is 1. The van der Waals surface area contributed by atoms with E-state index >= 15 is 0 Å². The summed E-state index contributed by atoms with van der Waals surface area (Å²) in [5.41, 5.74) is 1.03. The molecule has 1 heterocycles. The molecule has 3 rings (SSSR count). The number of carbonyl (C=O) groups excluding carboxylic acids is 1. The Balaban J connectivity index is 1.91. The van der Waals surface area contributed by atoms with Crippen LogP contribution in [-0.4, -0.2) is 42.3 Å². The molecular weight excluding hydrogens is 304 g/mol. The number of fused-ring (bicyclic) bond motifs is 3.